The zero-order chi connectivity index (χ0) is 6.85. The number of cyclic esters (lactones) is 1. The molecule has 0 aromatic rings. The van der Waals surface area contributed by atoms with Crippen LogP contribution in [0.3, 0.4) is 0 Å². The van der Waals surface area contributed by atoms with Crippen molar-refractivity contribution in [1.82, 2.24) is 4.90 Å². The van der Waals surface area contributed by atoms with Crippen LogP contribution in [-0.2, 0) is 4.74 Å². The Morgan fingerprint density at radius 3 is 2.70 bits per heavy atom. The number of likely N-dealkylation sites (N-methyl/N-ethyl adjacent to an activating group) is 1. The maximum absolute atomic E-state index is 10.6. The Balaban J connectivity index is 0.000000810. The van der Waals surface area contributed by atoms with Crippen LogP contribution in [0.2, 0.25) is 0 Å². The summed E-state index contributed by atoms with van der Waals surface area (Å²) in [7, 11) is 1.69. The summed E-state index contributed by atoms with van der Waals surface area (Å²) in [5, 5.41) is 0. The van der Waals surface area contributed by atoms with Gasteiger partial charge in [0.2, 0.25) is 0 Å². The number of nitrogens with two attached hydrogens (primary N) is 1. The maximum Gasteiger partial charge on any atom is 0.410 e. The first-order valence-electron chi connectivity index (χ1n) is 2.86. The highest BCUT2D eigenvalue weighted by Crippen LogP contribution is 2.06. The van der Waals surface area contributed by atoms with Crippen molar-refractivity contribution in [2.45, 2.75) is 6.10 Å². The third-order valence-corrected chi connectivity index (χ3v) is 1.32. The van der Waals surface area contributed by atoms with Crippen molar-refractivity contribution < 1.29 is 9.53 Å². The molecule has 1 atom stereocenters. The van der Waals surface area contributed by atoms with Gasteiger partial charge in [-0.1, -0.05) is 0 Å². The molecular formula is C5H11ClN2O2. The van der Waals surface area contributed by atoms with E-state index in [1.807, 2.05) is 0 Å². The maximum atomic E-state index is 10.6. The van der Waals surface area contributed by atoms with Crippen molar-refractivity contribution in [3.63, 3.8) is 0 Å². The van der Waals surface area contributed by atoms with Crippen LogP contribution in [0.15, 0.2) is 0 Å². The minimum atomic E-state index is -0.273. The van der Waals surface area contributed by atoms with E-state index in [4.69, 9.17) is 10.5 Å². The lowest BCUT2D eigenvalue weighted by Crippen LogP contribution is -2.24. The van der Waals surface area contributed by atoms with Crippen LogP contribution in [0.5, 0.6) is 0 Å². The third-order valence-electron chi connectivity index (χ3n) is 1.32. The highest BCUT2D eigenvalue weighted by atomic mass is 35.5. The highest BCUT2D eigenvalue weighted by Gasteiger charge is 2.26. The van der Waals surface area contributed by atoms with Crippen molar-refractivity contribution in [2.24, 2.45) is 5.73 Å². The topological polar surface area (TPSA) is 55.6 Å². The third kappa shape index (κ3) is 1.75. The van der Waals surface area contributed by atoms with E-state index in [2.05, 4.69) is 0 Å². The second-order valence-corrected chi connectivity index (χ2v) is 2.12. The molecule has 1 unspecified atom stereocenters. The summed E-state index contributed by atoms with van der Waals surface area (Å²) in [5.74, 6) is 0. The van der Waals surface area contributed by atoms with E-state index in [9.17, 15) is 4.79 Å². The van der Waals surface area contributed by atoms with Crippen LogP contribution in [0, 0.1) is 0 Å². The summed E-state index contributed by atoms with van der Waals surface area (Å²) < 4.78 is 4.78. The van der Waals surface area contributed by atoms with E-state index in [0.29, 0.717) is 13.1 Å². The lowest BCUT2D eigenvalue weighted by molar-refractivity contribution is 0.137. The smallest absolute Gasteiger partial charge is 0.410 e. The fraction of sp³-hybridized carbons (Fsp3) is 0.800. The zero-order valence-corrected chi connectivity index (χ0v) is 6.56. The molecule has 0 radical (unpaired) electrons. The molecule has 1 amide bonds. The largest absolute Gasteiger partial charge is 0.443 e. The highest BCUT2D eigenvalue weighted by molar-refractivity contribution is 5.85. The van der Waals surface area contributed by atoms with Gasteiger partial charge in [-0.25, -0.2) is 4.79 Å². The van der Waals surface area contributed by atoms with Crippen molar-refractivity contribution in [3.8, 4) is 0 Å². The monoisotopic (exact) mass is 166 g/mol. The standard InChI is InChI=1S/C5H10N2O2.ClH/c1-7-3-4(2-6)9-5(7)8;/h4H,2-3,6H2,1H3;1H. The van der Waals surface area contributed by atoms with Crippen LogP contribution in [-0.4, -0.2) is 37.2 Å². The number of carbonyl (C=O) groups excluding carboxylic acids is 1. The van der Waals surface area contributed by atoms with Crippen LogP contribution in [0.1, 0.15) is 0 Å². The molecule has 0 spiro atoms. The van der Waals surface area contributed by atoms with Crippen LogP contribution in [0.25, 0.3) is 0 Å². The molecule has 1 rings (SSSR count). The van der Waals surface area contributed by atoms with E-state index in [0.717, 1.165) is 0 Å². The first kappa shape index (κ1) is 9.52. The van der Waals surface area contributed by atoms with Gasteiger partial charge in [0.25, 0.3) is 0 Å². The van der Waals surface area contributed by atoms with E-state index < -0.39 is 0 Å². The molecule has 0 aliphatic carbocycles. The van der Waals surface area contributed by atoms with E-state index in [-0.39, 0.29) is 24.6 Å². The second-order valence-electron chi connectivity index (χ2n) is 2.12. The molecule has 0 bridgehead atoms. The van der Waals surface area contributed by atoms with Gasteiger partial charge < -0.3 is 15.4 Å². The number of amides is 1. The molecule has 0 saturated carbocycles. The summed E-state index contributed by atoms with van der Waals surface area (Å²) in [6, 6.07) is 0. The molecule has 60 valence electrons. The van der Waals surface area contributed by atoms with Crippen molar-refractivity contribution in [2.75, 3.05) is 20.1 Å². The predicted molar refractivity (Wildman–Crippen MR) is 39.2 cm³/mol. The Bertz CT molecular complexity index is 131. The number of ether oxygens (including phenoxy) is 1. The molecule has 5 heteroatoms. The minimum absolute atomic E-state index is 0. The normalized spacial score (nSPS) is 24.0. The van der Waals surface area contributed by atoms with Gasteiger partial charge >= 0.3 is 6.09 Å². The van der Waals surface area contributed by atoms with E-state index in [1.54, 1.807) is 7.05 Å². The summed E-state index contributed by atoms with van der Waals surface area (Å²) in [5.41, 5.74) is 5.25. The van der Waals surface area contributed by atoms with Gasteiger partial charge in [-0.15, -0.1) is 12.4 Å². The molecule has 1 aliphatic heterocycles. The minimum Gasteiger partial charge on any atom is -0.443 e. The van der Waals surface area contributed by atoms with Crippen LogP contribution in [0.4, 0.5) is 4.79 Å². The Morgan fingerprint density at radius 1 is 1.90 bits per heavy atom. The average Bonchev–Trinajstić information content (AvgIpc) is 2.13. The number of rotatable bonds is 1. The zero-order valence-electron chi connectivity index (χ0n) is 5.74. The summed E-state index contributed by atoms with van der Waals surface area (Å²) >= 11 is 0. The Morgan fingerprint density at radius 2 is 2.50 bits per heavy atom. The number of halogens is 1. The molecule has 1 heterocycles. The lowest BCUT2D eigenvalue weighted by atomic mass is 10.4. The van der Waals surface area contributed by atoms with Crippen molar-refractivity contribution in [3.05, 3.63) is 0 Å². The first-order valence-corrected chi connectivity index (χ1v) is 2.86. The van der Waals surface area contributed by atoms with Crippen molar-refractivity contribution >= 4 is 18.5 Å². The number of nitrogens with zero attached hydrogens (tertiary/aromatic N) is 1. The molecule has 10 heavy (non-hydrogen) atoms. The van der Waals surface area contributed by atoms with E-state index >= 15 is 0 Å². The van der Waals surface area contributed by atoms with Crippen molar-refractivity contribution in [1.29, 1.82) is 0 Å². The molecule has 0 aromatic heterocycles. The second kappa shape index (κ2) is 3.63. The Labute approximate surface area is 65.7 Å². The number of hydrogen-bond acceptors (Lipinski definition) is 3. The SMILES string of the molecule is CN1CC(CN)OC1=O.Cl. The van der Waals surface area contributed by atoms with Crippen LogP contribution < -0.4 is 5.73 Å². The molecule has 1 saturated heterocycles. The molecule has 0 aromatic carbocycles. The predicted octanol–water partition coefficient (Wildman–Crippen LogP) is -0.183. The van der Waals surface area contributed by atoms with E-state index in [1.165, 1.54) is 4.90 Å². The van der Waals surface area contributed by atoms with Gasteiger partial charge in [-0.3, -0.25) is 0 Å². The fourth-order valence-corrected chi connectivity index (χ4v) is 0.772. The Kier molecular flexibility index (Phi) is 3.46. The summed E-state index contributed by atoms with van der Waals surface area (Å²) in [4.78, 5) is 12.1. The lowest BCUT2D eigenvalue weighted by Gasteiger charge is -2.01. The summed E-state index contributed by atoms with van der Waals surface area (Å²) in [6.45, 7) is 1.03. The van der Waals surface area contributed by atoms with Gasteiger partial charge in [0.1, 0.15) is 6.10 Å². The molecule has 1 aliphatic rings. The molecule has 1 fully saturated rings. The Hall–Kier alpha value is -0.480. The molecular weight excluding hydrogens is 156 g/mol. The molecule has 4 nitrogen and oxygen atoms in total. The quantitative estimate of drug-likeness (QED) is 0.588. The van der Waals surface area contributed by atoms with Gasteiger partial charge in [0, 0.05) is 13.6 Å². The van der Waals surface area contributed by atoms with Gasteiger partial charge in [-0.2, -0.15) is 0 Å². The number of hydrogen-bond donors (Lipinski definition) is 1. The van der Waals surface area contributed by atoms with Gasteiger partial charge in [0.15, 0.2) is 0 Å². The first-order chi connectivity index (χ1) is 4.24. The summed E-state index contributed by atoms with van der Waals surface area (Å²) in [6.07, 6.45) is -0.368. The average molecular weight is 167 g/mol. The van der Waals surface area contributed by atoms with Gasteiger partial charge in [0.05, 0.1) is 6.54 Å². The number of carbonyl (C=O) groups is 1. The van der Waals surface area contributed by atoms with Gasteiger partial charge in [-0.05, 0) is 0 Å². The van der Waals surface area contributed by atoms with Crippen LogP contribution >= 0.6 is 12.4 Å². The fourth-order valence-electron chi connectivity index (χ4n) is 0.772. The molecule has 2 N–H and O–H groups in total.